The van der Waals surface area contributed by atoms with Crippen molar-refractivity contribution in [1.82, 2.24) is 25.3 Å². The van der Waals surface area contributed by atoms with Gasteiger partial charge in [-0.05, 0) is 49.7 Å². The van der Waals surface area contributed by atoms with Crippen molar-refractivity contribution in [2.24, 2.45) is 0 Å². The molecule has 4 rings (SSSR count). The first kappa shape index (κ1) is 16.1. The average Bonchev–Trinajstić information content (AvgIpc) is 2.66. The molecule has 2 aromatic heterocycles. The number of nitrogens with zero attached hydrogens (tertiary/aromatic N) is 4. The standard InChI is InChI=1S/C20H17N5O/c1-12-13(2)25-19-10-15(4-6-17(19)24-12)20(26)23-11-14-3-5-16-18(9-14)22-8-7-21-16/h3-10H,11H2,1-2H3,(H,23,26). The Morgan fingerprint density at radius 3 is 2.35 bits per heavy atom. The van der Waals surface area contributed by atoms with Gasteiger partial charge in [-0.15, -0.1) is 0 Å². The number of fused-ring (bicyclic) bond motifs is 2. The van der Waals surface area contributed by atoms with Crippen molar-refractivity contribution in [3.05, 3.63) is 71.3 Å². The van der Waals surface area contributed by atoms with Crippen LogP contribution in [-0.4, -0.2) is 25.8 Å². The molecule has 0 saturated carbocycles. The van der Waals surface area contributed by atoms with Crippen LogP contribution in [0.3, 0.4) is 0 Å². The monoisotopic (exact) mass is 343 g/mol. The summed E-state index contributed by atoms with van der Waals surface area (Å²) in [5.41, 5.74) is 6.46. The Morgan fingerprint density at radius 1 is 0.846 bits per heavy atom. The van der Waals surface area contributed by atoms with Crippen molar-refractivity contribution >= 4 is 28.0 Å². The van der Waals surface area contributed by atoms with Gasteiger partial charge in [-0.2, -0.15) is 0 Å². The second-order valence-corrected chi connectivity index (χ2v) is 6.16. The molecular formula is C20H17N5O. The zero-order chi connectivity index (χ0) is 18.1. The molecule has 0 saturated heterocycles. The quantitative estimate of drug-likeness (QED) is 0.618. The zero-order valence-electron chi connectivity index (χ0n) is 14.5. The molecule has 0 aliphatic rings. The van der Waals surface area contributed by atoms with Crippen LogP contribution in [0.1, 0.15) is 27.3 Å². The average molecular weight is 343 g/mol. The maximum Gasteiger partial charge on any atom is 0.251 e. The van der Waals surface area contributed by atoms with E-state index in [1.54, 1.807) is 24.5 Å². The van der Waals surface area contributed by atoms with Crippen molar-refractivity contribution in [3.8, 4) is 0 Å². The summed E-state index contributed by atoms with van der Waals surface area (Å²) < 4.78 is 0. The van der Waals surface area contributed by atoms with Crippen LogP contribution in [-0.2, 0) is 6.54 Å². The number of amides is 1. The predicted octanol–water partition coefficient (Wildman–Crippen LogP) is 3.12. The van der Waals surface area contributed by atoms with E-state index in [9.17, 15) is 4.79 Å². The number of aryl methyl sites for hydroxylation is 2. The van der Waals surface area contributed by atoms with Gasteiger partial charge in [0.2, 0.25) is 0 Å². The van der Waals surface area contributed by atoms with Crippen molar-refractivity contribution in [2.45, 2.75) is 20.4 Å². The van der Waals surface area contributed by atoms with Crippen LogP contribution < -0.4 is 5.32 Å². The molecule has 4 aromatic rings. The van der Waals surface area contributed by atoms with E-state index < -0.39 is 0 Å². The third kappa shape index (κ3) is 3.09. The van der Waals surface area contributed by atoms with E-state index in [-0.39, 0.29) is 5.91 Å². The lowest BCUT2D eigenvalue weighted by atomic mass is 10.1. The number of hydrogen-bond donors (Lipinski definition) is 1. The largest absolute Gasteiger partial charge is 0.348 e. The molecule has 6 heteroatoms. The van der Waals surface area contributed by atoms with Crippen LogP contribution >= 0.6 is 0 Å². The lowest BCUT2D eigenvalue weighted by Crippen LogP contribution is -2.22. The van der Waals surface area contributed by atoms with Crippen LogP contribution in [0.4, 0.5) is 0 Å². The molecule has 0 radical (unpaired) electrons. The summed E-state index contributed by atoms with van der Waals surface area (Å²) in [5.74, 6) is -0.147. The second kappa shape index (κ2) is 6.48. The molecule has 0 bridgehead atoms. The van der Waals surface area contributed by atoms with Gasteiger partial charge in [-0.1, -0.05) is 6.07 Å². The van der Waals surface area contributed by atoms with Crippen LogP contribution in [0.25, 0.3) is 22.1 Å². The lowest BCUT2D eigenvalue weighted by Gasteiger charge is -2.08. The van der Waals surface area contributed by atoms with Crippen LogP contribution in [0.15, 0.2) is 48.8 Å². The van der Waals surface area contributed by atoms with Gasteiger partial charge in [0.05, 0.1) is 33.5 Å². The molecule has 0 unspecified atom stereocenters. The molecule has 0 spiro atoms. The SMILES string of the molecule is Cc1nc2ccc(C(=O)NCc3ccc4nccnc4c3)cc2nc1C. The molecule has 1 N–H and O–H groups in total. The number of hydrogen-bond acceptors (Lipinski definition) is 5. The molecule has 0 aliphatic carbocycles. The lowest BCUT2D eigenvalue weighted by molar-refractivity contribution is 0.0951. The van der Waals surface area contributed by atoms with Crippen molar-refractivity contribution in [3.63, 3.8) is 0 Å². The number of carbonyl (C=O) groups excluding carboxylic acids is 1. The highest BCUT2D eigenvalue weighted by molar-refractivity contribution is 5.97. The summed E-state index contributed by atoms with van der Waals surface area (Å²) in [6.45, 7) is 4.26. The molecule has 0 fully saturated rings. The third-order valence-corrected chi connectivity index (χ3v) is 4.32. The fourth-order valence-corrected chi connectivity index (χ4v) is 2.78. The predicted molar refractivity (Wildman–Crippen MR) is 99.7 cm³/mol. The van der Waals surface area contributed by atoms with Crippen LogP contribution in [0, 0.1) is 13.8 Å². The summed E-state index contributed by atoms with van der Waals surface area (Å²) in [6, 6.07) is 11.1. The van der Waals surface area contributed by atoms with E-state index in [2.05, 4.69) is 25.3 Å². The Labute approximate surface area is 150 Å². The van der Waals surface area contributed by atoms with Crippen molar-refractivity contribution in [1.29, 1.82) is 0 Å². The van der Waals surface area contributed by atoms with Gasteiger partial charge < -0.3 is 5.32 Å². The summed E-state index contributed by atoms with van der Waals surface area (Å²) >= 11 is 0. The summed E-state index contributed by atoms with van der Waals surface area (Å²) in [7, 11) is 0. The number of nitrogens with one attached hydrogen (secondary N) is 1. The Morgan fingerprint density at radius 2 is 1.54 bits per heavy atom. The van der Waals surface area contributed by atoms with Gasteiger partial charge in [-0.3, -0.25) is 14.8 Å². The molecule has 26 heavy (non-hydrogen) atoms. The fourth-order valence-electron chi connectivity index (χ4n) is 2.78. The molecule has 1 amide bonds. The van der Waals surface area contributed by atoms with Gasteiger partial charge >= 0.3 is 0 Å². The van der Waals surface area contributed by atoms with Gasteiger partial charge in [0, 0.05) is 24.5 Å². The molecular weight excluding hydrogens is 326 g/mol. The molecule has 0 atom stereocenters. The second-order valence-electron chi connectivity index (χ2n) is 6.16. The molecule has 2 aromatic carbocycles. The fraction of sp³-hybridized carbons (Fsp3) is 0.150. The van der Waals surface area contributed by atoms with Crippen LogP contribution in [0.5, 0.6) is 0 Å². The van der Waals surface area contributed by atoms with E-state index >= 15 is 0 Å². The van der Waals surface area contributed by atoms with Gasteiger partial charge in [0.25, 0.3) is 5.91 Å². The topological polar surface area (TPSA) is 80.7 Å². The number of carbonyl (C=O) groups is 1. The minimum Gasteiger partial charge on any atom is -0.348 e. The maximum atomic E-state index is 12.5. The highest BCUT2D eigenvalue weighted by Crippen LogP contribution is 2.15. The van der Waals surface area contributed by atoms with Crippen molar-refractivity contribution < 1.29 is 4.79 Å². The third-order valence-electron chi connectivity index (χ3n) is 4.32. The minimum atomic E-state index is -0.147. The first-order valence-electron chi connectivity index (χ1n) is 8.33. The minimum absolute atomic E-state index is 0.147. The van der Waals surface area contributed by atoms with E-state index in [1.807, 2.05) is 38.1 Å². The molecule has 0 aliphatic heterocycles. The first-order chi connectivity index (χ1) is 12.6. The van der Waals surface area contributed by atoms with E-state index in [0.29, 0.717) is 12.1 Å². The van der Waals surface area contributed by atoms with E-state index in [1.165, 1.54) is 0 Å². The van der Waals surface area contributed by atoms with E-state index in [0.717, 1.165) is 39.0 Å². The molecule has 128 valence electrons. The highest BCUT2D eigenvalue weighted by Gasteiger charge is 2.09. The van der Waals surface area contributed by atoms with Crippen molar-refractivity contribution in [2.75, 3.05) is 0 Å². The van der Waals surface area contributed by atoms with Gasteiger partial charge in [-0.25, -0.2) is 9.97 Å². The Balaban J connectivity index is 1.53. The maximum absolute atomic E-state index is 12.5. The normalized spacial score (nSPS) is 11.0. The number of aromatic nitrogens is 4. The Hall–Kier alpha value is -3.41. The van der Waals surface area contributed by atoms with Gasteiger partial charge in [0.1, 0.15) is 0 Å². The summed E-state index contributed by atoms with van der Waals surface area (Å²) in [5, 5.41) is 2.94. The first-order valence-corrected chi connectivity index (χ1v) is 8.33. The van der Waals surface area contributed by atoms with Crippen LogP contribution in [0.2, 0.25) is 0 Å². The smallest absolute Gasteiger partial charge is 0.251 e. The number of benzene rings is 2. The number of rotatable bonds is 3. The molecule has 2 heterocycles. The Bertz CT molecular complexity index is 1140. The molecule has 6 nitrogen and oxygen atoms in total. The summed E-state index contributed by atoms with van der Waals surface area (Å²) in [4.78, 5) is 30.0. The zero-order valence-corrected chi connectivity index (χ0v) is 14.5. The summed E-state index contributed by atoms with van der Waals surface area (Å²) in [6.07, 6.45) is 3.32. The highest BCUT2D eigenvalue weighted by atomic mass is 16.1. The van der Waals surface area contributed by atoms with E-state index in [4.69, 9.17) is 0 Å². The Kier molecular flexibility index (Phi) is 4.01. The van der Waals surface area contributed by atoms with Gasteiger partial charge in [0.15, 0.2) is 0 Å².